The Balaban J connectivity index is 2.07. The van der Waals surface area contributed by atoms with Gasteiger partial charge >= 0.3 is 6.09 Å². The average Bonchev–Trinajstić information content (AvgIpc) is 3.32. The fourth-order valence-electron chi connectivity index (χ4n) is 4.22. The molecule has 0 bridgehead atoms. The molecular formula is C26H39N5O6. The van der Waals surface area contributed by atoms with Crippen molar-refractivity contribution in [1.82, 2.24) is 21.3 Å². The number of primary amides is 1. The molecule has 1 fully saturated rings. The maximum absolute atomic E-state index is 13.4. The number of ether oxygens (including phenoxy) is 1. The molecule has 6 N–H and O–H groups in total. The second kappa shape index (κ2) is 13.6. The summed E-state index contributed by atoms with van der Waals surface area (Å²) in [6, 6.07) is 7.30. The number of rotatable bonds is 12. The highest BCUT2D eigenvalue weighted by Crippen LogP contribution is 2.30. The molecule has 1 aliphatic rings. The van der Waals surface area contributed by atoms with Crippen LogP contribution >= 0.6 is 0 Å². The summed E-state index contributed by atoms with van der Waals surface area (Å²) in [6.45, 7) is 6.75. The van der Waals surface area contributed by atoms with E-state index in [4.69, 9.17) is 10.5 Å². The van der Waals surface area contributed by atoms with Crippen molar-refractivity contribution in [1.29, 1.82) is 0 Å². The minimum absolute atomic E-state index is 0.0653. The Bertz CT molecular complexity index is 959. The molecule has 1 saturated carbocycles. The van der Waals surface area contributed by atoms with Crippen LogP contribution in [0.5, 0.6) is 0 Å². The van der Waals surface area contributed by atoms with Gasteiger partial charge in [-0.1, -0.05) is 70.9 Å². The summed E-state index contributed by atoms with van der Waals surface area (Å²) in [5, 5.41) is 10.6. The summed E-state index contributed by atoms with van der Waals surface area (Å²) in [4.78, 5) is 62.7. The van der Waals surface area contributed by atoms with E-state index in [0.717, 1.165) is 18.4 Å². The van der Waals surface area contributed by atoms with Gasteiger partial charge < -0.3 is 31.7 Å². The first kappa shape index (κ1) is 29.6. The van der Waals surface area contributed by atoms with E-state index in [-0.39, 0.29) is 25.0 Å². The second-order valence-electron chi connectivity index (χ2n) is 10.1. The highest BCUT2D eigenvalue weighted by Gasteiger charge is 2.44. The van der Waals surface area contributed by atoms with Gasteiger partial charge in [0.25, 0.3) is 0 Å². The standard InChI is InChI=1S/C26H39N5O6/c1-16(2)20(22(33)28-14-19(27)32)29-23(34)21(17(3)4)30-24(35)26(12-8-9-13-26)31-25(36)37-15-18-10-6-5-7-11-18/h5-7,10-11,16-17,20-21H,8-9,12-15H2,1-4H3,(H2,27,32)(H,28,33)(H,29,34)(H,30,35)(H,31,36)/t20-,21-/m0/s1. The maximum Gasteiger partial charge on any atom is 0.408 e. The van der Waals surface area contributed by atoms with Crippen molar-refractivity contribution >= 4 is 29.7 Å². The zero-order chi connectivity index (χ0) is 27.6. The van der Waals surface area contributed by atoms with Gasteiger partial charge in [0, 0.05) is 0 Å². The fraction of sp³-hybridized carbons (Fsp3) is 0.577. The van der Waals surface area contributed by atoms with Crippen LogP contribution in [0.2, 0.25) is 0 Å². The van der Waals surface area contributed by atoms with Crippen LogP contribution in [0.25, 0.3) is 0 Å². The van der Waals surface area contributed by atoms with Crippen LogP contribution in [0.4, 0.5) is 4.79 Å². The lowest BCUT2D eigenvalue weighted by Gasteiger charge is -2.32. The molecule has 0 unspecified atom stereocenters. The van der Waals surface area contributed by atoms with Crippen LogP contribution in [0, 0.1) is 11.8 Å². The van der Waals surface area contributed by atoms with E-state index in [1.165, 1.54) is 0 Å². The zero-order valence-corrected chi connectivity index (χ0v) is 22.0. The van der Waals surface area contributed by atoms with Crippen molar-refractivity contribution in [2.24, 2.45) is 17.6 Å². The summed E-state index contributed by atoms with van der Waals surface area (Å²) < 4.78 is 5.32. The normalized spacial score (nSPS) is 15.9. The number of carbonyl (C=O) groups is 5. The Morgan fingerprint density at radius 1 is 0.892 bits per heavy atom. The van der Waals surface area contributed by atoms with Crippen LogP contribution in [-0.4, -0.2) is 53.9 Å². The lowest BCUT2D eigenvalue weighted by molar-refractivity contribution is -0.135. The number of benzene rings is 1. The molecule has 5 amide bonds. The number of hydrogen-bond donors (Lipinski definition) is 5. The van der Waals surface area contributed by atoms with Gasteiger partial charge in [0.05, 0.1) is 6.54 Å². The van der Waals surface area contributed by atoms with Gasteiger partial charge in [-0.15, -0.1) is 0 Å². The lowest BCUT2D eigenvalue weighted by Crippen LogP contribution is -2.63. The number of nitrogens with two attached hydrogens (primary N) is 1. The molecule has 11 nitrogen and oxygen atoms in total. The number of hydrogen-bond acceptors (Lipinski definition) is 6. The molecule has 2 rings (SSSR count). The number of nitrogens with one attached hydrogen (secondary N) is 4. The Morgan fingerprint density at radius 2 is 1.46 bits per heavy atom. The van der Waals surface area contributed by atoms with E-state index in [9.17, 15) is 24.0 Å². The lowest BCUT2D eigenvalue weighted by atomic mass is 9.94. The molecular weight excluding hydrogens is 478 g/mol. The summed E-state index contributed by atoms with van der Waals surface area (Å²) in [5.41, 5.74) is 4.71. The van der Waals surface area contributed by atoms with E-state index in [1.54, 1.807) is 27.7 Å². The summed E-state index contributed by atoms with van der Waals surface area (Å²) in [6.07, 6.45) is 1.59. The molecule has 0 saturated heterocycles. The minimum Gasteiger partial charge on any atom is -0.445 e. The Kier molecular flexibility index (Phi) is 10.9. The molecule has 11 heteroatoms. The van der Waals surface area contributed by atoms with Gasteiger partial charge in [-0.05, 0) is 30.2 Å². The number of carbonyl (C=O) groups excluding carboxylic acids is 5. The van der Waals surface area contributed by atoms with Gasteiger partial charge in [0.2, 0.25) is 23.6 Å². The van der Waals surface area contributed by atoms with Crippen molar-refractivity contribution in [3.05, 3.63) is 35.9 Å². The van der Waals surface area contributed by atoms with Crippen molar-refractivity contribution in [2.45, 2.75) is 77.6 Å². The van der Waals surface area contributed by atoms with E-state index in [0.29, 0.717) is 12.8 Å². The highest BCUT2D eigenvalue weighted by molar-refractivity contribution is 5.96. The largest absolute Gasteiger partial charge is 0.445 e. The first-order chi connectivity index (χ1) is 17.4. The van der Waals surface area contributed by atoms with Crippen LogP contribution in [0.3, 0.4) is 0 Å². The fourth-order valence-corrected chi connectivity index (χ4v) is 4.22. The molecule has 0 aliphatic heterocycles. The van der Waals surface area contributed by atoms with Gasteiger partial charge in [-0.2, -0.15) is 0 Å². The average molecular weight is 518 g/mol. The Hall–Kier alpha value is -3.63. The molecule has 1 aromatic carbocycles. The molecule has 204 valence electrons. The molecule has 0 radical (unpaired) electrons. The Labute approximate surface area is 217 Å². The van der Waals surface area contributed by atoms with Gasteiger partial charge in [-0.3, -0.25) is 19.2 Å². The third kappa shape index (κ3) is 8.76. The monoisotopic (exact) mass is 517 g/mol. The molecule has 1 aromatic rings. The van der Waals surface area contributed by atoms with Crippen LogP contribution in [-0.2, 0) is 30.5 Å². The summed E-state index contributed by atoms with van der Waals surface area (Å²) in [5.74, 6) is -2.88. The zero-order valence-electron chi connectivity index (χ0n) is 22.0. The highest BCUT2D eigenvalue weighted by atomic mass is 16.5. The quantitative estimate of drug-likeness (QED) is 0.278. The van der Waals surface area contributed by atoms with Crippen molar-refractivity contribution in [3.63, 3.8) is 0 Å². The molecule has 0 spiro atoms. The van der Waals surface area contributed by atoms with E-state index >= 15 is 0 Å². The third-order valence-electron chi connectivity index (χ3n) is 6.37. The van der Waals surface area contributed by atoms with Crippen molar-refractivity contribution in [3.8, 4) is 0 Å². The van der Waals surface area contributed by atoms with Crippen LogP contribution in [0.15, 0.2) is 30.3 Å². The van der Waals surface area contributed by atoms with Crippen LogP contribution in [0.1, 0.15) is 58.9 Å². The SMILES string of the molecule is CC(C)[C@H](NC(=O)[C@@H](NC(=O)C1(NC(=O)OCc2ccccc2)CCCC1)C(C)C)C(=O)NCC(N)=O. The number of alkyl carbamates (subject to hydrolysis) is 1. The minimum atomic E-state index is -1.20. The third-order valence-corrected chi connectivity index (χ3v) is 6.37. The van der Waals surface area contributed by atoms with E-state index in [1.807, 2.05) is 30.3 Å². The topological polar surface area (TPSA) is 169 Å². The van der Waals surface area contributed by atoms with E-state index in [2.05, 4.69) is 21.3 Å². The number of amides is 5. The molecule has 37 heavy (non-hydrogen) atoms. The molecule has 0 heterocycles. The van der Waals surface area contributed by atoms with Crippen molar-refractivity contribution < 1.29 is 28.7 Å². The van der Waals surface area contributed by atoms with Crippen LogP contribution < -0.4 is 27.0 Å². The predicted octanol–water partition coefficient (Wildman–Crippen LogP) is 1.11. The summed E-state index contributed by atoms with van der Waals surface area (Å²) in [7, 11) is 0. The first-order valence-electron chi connectivity index (χ1n) is 12.6. The van der Waals surface area contributed by atoms with Gasteiger partial charge in [-0.25, -0.2) is 4.79 Å². The van der Waals surface area contributed by atoms with Gasteiger partial charge in [0.1, 0.15) is 24.2 Å². The smallest absolute Gasteiger partial charge is 0.408 e. The molecule has 2 atom stereocenters. The van der Waals surface area contributed by atoms with E-state index < -0.39 is 47.3 Å². The molecule has 0 aromatic heterocycles. The first-order valence-corrected chi connectivity index (χ1v) is 12.6. The maximum atomic E-state index is 13.4. The molecule has 1 aliphatic carbocycles. The Morgan fingerprint density at radius 3 is 2.00 bits per heavy atom. The van der Waals surface area contributed by atoms with Crippen molar-refractivity contribution in [2.75, 3.05) is 6.54 Å². The second-order valence-corrected chi connectivity index (χ2v) is 10.1. The predicted molar refractivity (Wildman–Crippen MR) is 137 cm³/mol. The summed E-state index contributed by atoms with van der Waals surface area (Å²) >= 11 is 0. The van der Waals surface area contributed by atoms with Gasteiger partial charge in [0.15, 0.2) is 0 Å².